The number of thioether (sulfide) groups is 2. The Morgan fingerprint density at radius 3 is 2.71 bits per heavy atom. The molecule has 0 fully saturated rings. The molecule has 2 rings (SSSR count). The number of carbonyl (C=O) groups excluding carboxylic acids is 2. The average Bonchev–Trinajstić information content (AvgIpc) is 3.02. The molecular formula is C10H11N5O2S4. The molecule has 7 nitrogen and oxygen atoms in total. The van der Waals surface area contributed by atoms with Crippen LogP contribution in [0, 0.1) is 0 Å². The molecule has 0 atom stereocenters. The normalized spacial score (nSPS) is 10.5. The fourth-order valence-corrected chi connectivity index (χ4v) is 4.68. The second kappa shape index (κ2) is 7.73. The van der Waals surface area contributed by atoms with Gasteiger partial charge in [-0.3, -0.25) is 9.59 Å². The summed E-state index contributed by atoms with van der Waals surface area (Å²) in [7, 11) is 0. The summed E-state index contributed by atoms with van der Waals surface area (Å²) in [5, 5.41) is 13.1. The minimum atomic E-state index is -0.377. The lowest BCUT2D eigenvalue weighted by Gasteiger charge is -1.94. The van der Waals surface area contributed by atoms with E-state index in [4.69, 9.17) is 5.73 Å². The van der Waals surface area contributed by atoms with Crippen molar-refractivity contribution < 1.29 is 9.59 Å². The van der Waals surface area contributed by atoms with Gasteiger partial charge in [0.15, 0.2) is 13.8 Å². The first-order valence-corrected chi connectivity index (χ1v) is 9.29. The van der Waals surface area contributed by atoms with Gasteiger partial charge < -0.3 is 11.1 Å². The largest absolute Gasteiger partial charge is 0.369 e. The summed E-state index contributed by atoms with van der Waals surface area (Å²) < 4.78 is 1.52. The van der Waals surface area contributed by atoms with Crippen LogP contribution in [-0.4, -0.2) is 32.7 Å². The topological polar surface area (TPSA) is 111 Å². The van der Waals surface area contributed by atoms with E-state index in [9.17, 15) is 9.59 Å². The van der Waals surface area contributed by atoms with Gasteiger partial charge >= 0.3 is 0 Å². The van der Waals surface area contributed by atoms with Gasteiger partial charge in [0.1, 0.15) is 0 Å². The smallest absolute Gasteiger partial charge is 0.227 e. The van der Waals surface area contributed by atoms with Gasteiger partial charge in [-0.15, -0.1) is 21.5 Å². The van der Waals surface area contributed by atoms with Crippen LogP contribution in [0.3, 0.4) is 0 Å². The number of hydrogen-bond acceptors (Lipinski definition) is 9. The van der Waals surface area contributed by atoms with Crippen LogP contribution in [0.15, 0.2) is 14.1 Å². The molecule has 0 aliphatic heterocycles. The molecule has 0 bridgehead atoms. The van der Waals surface area contributed by atoms with Crippen LogP contribution in [0.5, 0.6) is 0 Å². The highest BCUT2D eigenvalue weighted by Gasteiger charge is 2.09. The zero-order valence-electron chi connectivity index (χ0n) is 10.9. The van der Waals surface area contributed by atoms with Gasteiger partial charge in [-0.25, -0.2) is 4.98 Å². The molecule has 21 heavy (non-hydrogen) atoms. The number of thiazole rings is 1. The zero-order valence-corrected chi connectivity index (χ0v) is 14.1. The molecule has 112 valence electrons. The summed E-state index contributed by atoms with van der Waals surface area (Å²) in [5.41, 5.74) is 5.94. The fourth-order valence-electron chi connectivity index (χ4n) is 1.16. The highest BCUT2D eigenvalue weighted by atomic mass is 32.2. The molecule has 2 aromatic heterocycles. The Bertz CT molecular complexity index is 641. The van der Waals surface area contributed by atoms with Crippen molar-refractivity contribution in [3.8, 4) is 0 Å². The van der Waals surface area contributed by atoms with Gasteiger partial charge in [-0.2, -0.15) is 0 Å². The second-order valence-corrected chi connectivity index (χ2v) is 7.98. The van der Waals surface area contributed by atoms with E-state index in [1.54, 1.807) is 0 Å². The first-order valence-electron chi connectivity index (χ1n) is 5.62. The fraction of sp³-hybridized carbons (Fsp3) is 0.300. The van der Waals surface area contributed by atoms with E-state index in [2.05, 4.69) is 20.5 Å². The number of carbonyl (C=O) groups is 2. The van der Waals surface area contributed by atoms with Crippen molar-refractivity contribution in [3.63, 3.8) is 0 Å². The lowest BCUT2D eigenvalue weighted by atomic mass is 10.6. The first kappa shape index (κ1) is 16.2. The Labute approximate surface area is 137 Å². The molecule has 0 saturated heterocycles. The van der Waals surface area contributed by atoms with Crippen molar-refractivity contribution >= 4 is 63.1 Å². The summed E-state index contributed by atoms with van der Waals surface area (Å²) in [6.07, 6.45) is 0. The number of primary amides is 1. The summed E-state index contributed by atoms with van der Waals surface area (Å²) in [6, 6.07) is 0. The number of nitrogens with one attached hydrogen (secondary N) is 1. The zero-order chi connectivity index (χ0) is 15.2. The van der Waals surface area contributed by atoms with E-state index in [0.717, 1.165) is 10.0 Å². The number of nitrogens with two attached hydrogens (primary N) is 1. The number of aromatic nitrogens is 3. The molecular weight excluding hydrogens is 350 g/mol. The standard InChI is InChI=1S/C10H11N5O2S4/c1-5(16)12-8-13-6(2-18-8)3-19-9-14-15-10(21-9)20-4-7(11)17/h2H,3-4H2,1H3,(H2,11,17)(H,12,13,16). The molecule has 11 heteroatoms. The summed E-state index contributed by atoms with van der Waals surface area (Å²) in [4.78, 5) is 25.9. The molecule has 2 heterocycles. The van der Waals surface area contributed by atoms with Crippen LogP contribution in [0.1, 0.15) is 12.6 Å². The second-order valence-electron chi connectivity index (χ2n) is 3.70. The minimum Gasteiger partial charge on any atom is -0.369 e. The summed E-state index contributed by atoms with van der Waals surface area (Å²) in [5.74, 6) is 0.331. The van der Waals surface area contributed by atoms with Crippen LogP contribution >= 0.6 is 46.2 Å². The molecule has 2 aromatic rings. The van der Waals surface area contributed by atoms with Crippen LogP contribution in [0.2, 0.25) is 0 Å². The van der Waals surface area contributed by atoms with Gasteiger partial charge in [-0.1, -0.05) is 34.9 Å². The Hall–Kier alpha value is -1.17. The number of amides is 2. The van der Waals surface area contributed by atoms with E-state index in [1.807, 2.05) is 5.38 Å². The van der Waals surface area contributed by atoms with E-state index >= 15 is 0 Å². The predicted octanol–water partition coefficient (Wildman–Crippen LogP) is 1.82. The summed E-state index contributed by atoms with van der Waals surface area (Å²) >= 11 is 5.58. The molecule has 0 aromatic carbocycles. The number of rotatable bonds is 7. The Morgan fingerprint density at radius 1 is 1.33 bits per heavy atom. The highest BCUT2D eigenvalue weighted by Crippen LogP contribution is 2.31. The van der Waals surface area contributed by atoms with E-state index in [-0.39, 0.29) is 17.6 Å². The van der Waals surface area contributed by atoms with Crippen molar-refractivity contribution in [1.82, 2.24) is 15.2 Å². The first-order chi connectivity index (χ1) is 10.0. The van der Waals surface area contributed by atoms with Crippen LogP contribution in [-0.2, 0) is 15.3 Å². The molecule has 0 aliphatic carbocycles. The Kier molecular flexibility index (Phi) is 5.96. The van der Waals surface area contributed by atoms with E-state index in [0.29, 0.717) is 15.2 Å². The average molecular weight is 361 g/mol. The van der Waals surface area contributed by atoms with Crippen molar-refractivity contribution in [3.05, 3.63) is 11.1 Å². The van der Waals surface area contributed by atoms with Gasteiger partial charge in [0.2, 0.25) is 11.8 Å². The SMILES string of the molecule is CC(=O)Nc1nc(CSc2nnc(SCC(N)=O)s2)cs1. The number of anilines is 1. The van der Waals surface area contributed by atoms with Crippen molar-refractivity contribution in [2.75, 3.05) is 11.1 Å². The Morgan fingerprint density at radius 2 is 2.05 bits per heavy atom. The quantitative estimate of drug-likeness (QED) is 0.724. The monoisotopic (exact) mass is 361 g/mol. The Balaban J connectivity index is 1.84. The van der Waals surface area contributed by atoms with Crippen molar-refractivity contribution in [2.45, 2.75) is 21.4 Å². The predicted molar refractivity (Wildman–Crippen MR) is 85.8 cm³/mol. The molecule has 0 saturated carbocycles. The number of hydrogen-bond donors (Lipinski definition) is 2. The maximum atomic E-state index is 10.9. The minimum absolute atomic E-state index is 0.135. The number of nitrogens with zero attached hydrogens (tertiary/aromatic N) is 3. The molecule has 0 radical (unpaired) electrons. The molecule has 0 unspecified atom stereocenters. The van der Waals surface area contributed by atoms with Crippen LogP contribution in [0.4, 0.5) is 5.13 Å². The highest BCUT2D eigenvalue weighted by molar-refractivity contribution is 8.03. The van der Waals surface area contributed by atoms with Crippen molar-refractivity contribution in [1.29, 1.82) is 0 Å². The van der Waals surface area contributed by atoms with Crippen molar-refractivity contribution in [2.24, 2.45) is 5.73 Å². The maximum Gasteiger partial charge on any atom is 0.227 e. The lowest BCUT2D eigenvalue weighted by Crippen LogP contribution is -2.12. The van der Waals surface area contributed by atoms with Crippen LogP contribution < -0.4 is 11.1 Å². The third kappa shape index (κ3) is 5.61. The van der Waals surface area contributed by atoms with E-state index < -0.39 is 0 Å². The molecule has 3 N–H and O–H groups in total. The maximum absolute atomic E-state index is 10.9. The van der Waals surface area contributed by atoms with Gasteiger partial charge in [0, 0.05) is 18.1 Å². The molecule has 2 amide bonds. The third-order valence-corrected chi connectivity index (χ3v) is 5.96. The third-order valence-electron chi connectivity index (χ3n) is 1.90. The van der Waals surface area contributed by atoms with Gasteiger partial charge in [0.05, 0.1) is 11.4 Å². The van der Waals surface area contributed by atoms with Gasteiger partial charge in [0.25, 0.3) is 0 Å². The molecule has 0 aliphatic rings. The lowest BCUT2D eigenvalue weighted by molar-refractivity contribution is -0.116. The molecule has 0 spiro atoms. The van der Waals surface area contributed by atoms with Crippen LogP contribution in [0.25, 0.3) is 0 Å². The van der Waals surface area contributed by atoms with E-state index in [1.165, 1.54) is 53.1 Å². The van der Waals surface area contributed by atoms with Gasteiger partial charge in [-0.05, 0) is 0 Å². The summed E-state index contributed by atoms with van der Waals surface area (Å²) in [6.45, 7) is 1.45.